The zero-order valence-electron chi connectivity index (χ0n) is 42.4. The number of aliphatic hydroxyl groups excluding tert-OH is 1. The summed E-state index contributed by atoms with van der Waals surface area (Å²) in [5, 5.41) is 35.2. The van der Waals surface area contributed by atoms with Gasteiger partial charge in [-0.25, -0.2) is 4.79 Å². The van der Waals surface area contributed by atoms with Gasteiger partial charge in [0, 0.05) is 49.8 Å². The average Bonchev–Trinajstić information content (AvgIpc) is 3.77. The number of hydrogen-bond acceptors (Lipinski definition) is 12. The normalized spacial score (nSPS) is 24.1. The van der Waals surface area contributed by atoms with Crippen molar-refractivity contribution in [3.05, 3.63) is 71.9 Å². The summed E-state index contributed by atoms with van der Waals surface area (Å²) in [4.78, 5) is 133. The number of aliphatic hydroxyl groups is 1. The quantitative estimate of drug-likeness (QED) is 0.0611. The van der Waals surface area contributed by atoms with Crippen molar-refractivity contribution in [1.82, 2.24) is 41.4 Å². The number of aliphatic carboxylic acids is 1. The lowest BCUT2D eigenvalue weighted by Gasteiger charge is -2.43. The molecule has 0 saturated carbocycles. The number of cyclic esters (lactones) is 1. The van der Waals surface area contributed by atoms with E-state index < -0.39 is 120 Å². The Balaban J connectivity index is 1.62. The number of hydrogen-bond donors (Lipinski definition) is 9. The van der Waals surface area contributed by atoms with E-state index in [0.29, 0.717) is 30.4 Å². The lowest BCUT2D eigenvalue weighted by atomic mass is 9.95. The van der Waals surface area contributed by atoms with Gasteiger partial charge in [0.15, 0.2) is 0 Å². The van der Waals surface area contributed by atoms with E-state index in [1.54, 1.807) is 50.4 Å². The number of carbonyl (C=O) groups excluding carboxylic acids is 8. The highest BCUT2D eigenvalue weighted by atomic mass is 16.5. The molecule has 5 rings (SSSR count). The molecule has 2 bridgehead atoms. The predicted octanol–water partition coefficient (Wildman–Crippen LogP) is 1.69. The summed E-state index contributed by atoms with van der Waals surface area (Å²) in [6.45, 7) is 6.77. The number of amides is 7. The average molecular weight is 1020 g/mol. The lowest BCUT2D eigenvalue weighted by Crippen LogP contribution is -2.65. The van der Waals surface area contributed by atoms with Gasteiger partial charge in [-0.3, -0.25) is 38.4 Å². The van der Waals surface area contributed by atoms with Crippen LogP contribution < -0.4 is 32.3 Å². The van der Waals surface area contributed by atoms with Gasteiger partial charge in [0.1, 0.15) is 54.6 Å². The number of carboxylic acid groups (broad SMARTS) is 1. The number of H-pyrrole nitrogens is 1. The molecule has 7 amide bonds. The number of likely N-dealkylation sites (N-methyl/N-ethyl adjacent to an activating group) is 1. The molecule has 21 nitrogen and oxygen atoms in total. The predicted molar refractivity (Wildman–Crippen MR) is 269 cm³/mol. The number of ether oxygens (including phenoxy) is 1. The Morgan fingerprint density at radius 2 is 1.55 bits per heavy atom. The Labute approximate surface area is 425 Å². The molecule has 73 heavy (non-hydrogen) atoms. The molecule has 1 aromatic heterocycles. The Hall–Kier alpha value is -6.87. The van der Waals surface area contributed by atoms with Crippen LogP contribution in [0.15, 0.2) is 60.8 Å². The second-order valence-corrected chi connectivity index (χ2v) is 19.3. The van der Waals surface area contributed by atoms with Crippen molar-refractivity contribution in [2.45, 2.75) is 166 Å². The van der Waals surface area contributed by atoms with Crippen LogP contribution in [0.5, 0.6) is 0 Å². The fraction of sp³-hybridized carbons (Fsp3) is 0.558. The summed E-state index contributed by atoms with van der Waals surface area (Å²) >= 11 is 0. The second-order valence-electron chi connectivity index (χ2n) is 19.3. The Bertz CT molecular complexity index is 2410. The number of nitrogens with one attached hydrogen (secondary N) is 6. The van der Waals surface area contributed by atoms with Crippen LogP contribution in [0.25, 0.3) is 10.9 Å². The van der Waals surface area contributed by atoms with E-state index in [1.165, 1.54) is 18.9 Å². The zero-order valence-corrected chi connectivity index (χ0v) is 42.4. The van der Waals surface area contributed by atoms with E-state index in [4.69, 9.17) is 10.5 Å². The number of aromatic amines is 1. The Kier molecular flexibility index (Phi) is 21.3. The van der Waals surface area contributed by atoms with Gasteiger partial charge < -0.3 is 62.1 Å². The van der Waals surface area contributed by atoms with E-state index in [1.807, 2.05) is 31.2 Å². The standard InChI is InChI=1S/C52H73N9O12/c1-6-7-9-21-41(62)55-37(23-25-43(64)65)47(67)59-45-31(4)73-52(72)44(30(2)3)58-48(68)39(28-33-29-54-35-19-13-12-18-34(33)35)60(5)51(71)40(27-32-16-10-8-11-17-32)61-42(63)24-22-38(50(61)70)57-46(66)36(56-49(45)69)20-14-15-26-53/h8,10-13,16-19,29-31,36-40,42,44-45,54,63H,6-7,9,14-15,20-28,53H2,1-5H3,(H,55,62)(H,56,69)(H,57,66)(H,58,68)(H,59,67)(H,64,65)/t31-,36-,37-,38-,39-,40-,42+,44-,45-/m0/s1. The van der Waals surface area contributed by atoms with Crippen LogP contribution in [0, 0.1) is 5.92 Å². The van der Waals surface area contributed by atoms with Gasteiger partial charge in [0.25, 0.3) is 0 Å². The largest absolute Gasteiger partial charge is 0.481 e. The van der Waals surface area contributed by atoms with Crippen molar-refractivity contribution in [2.75, 3.05) is 13.6 Å². The number of esters is 1. The third-order valence-corrected chi connectivity index (χ3v) is 13.5. The van der Waals surface area contributed by atoms with E-state index in [0.717, 1.165) is 28.6 Å². The number of nitrogens with two attached hydrogens (primary N) is 1. The van der Waals surface area contributed by atoms with Gasteiger partial charge >= 0.3 is 11.9 Å². The highest BCUT2D eigenvalue weighted by Gasteiger charge is 2.46. The first-order valence-electron chi connectivity index (χ1n) is 25.3. The number of para-hydroxylation sites is 1. The number of fused-ring (bicyclic) bond motifs is 3. The molecule has 10 N–H and O–H groups in total. The fourth-order valence-electron chi connectivity index (χ4n) is 9.20. The monoisotopic (exact) mass is 1020 g/mol. The van der Waals surface area contributed by atoms with Gasteiger partial charge in [-0.2, -0.15) is 0 Å². The maximum atomic E-state index is 15.2. The molecule has 3 heterocycles. The number of piperidine rings is 1. The maximum Gasteiger partial charge on any atom is 0.329 e. The van der Waals surface area contributed by atoms with Gasteiger partial charge in [0.2, 0.25) is 41.4 Å². The third kappa shape index (κ3) is 15.6. The number of carbonyl (C=O) groups is 9. The SMILES string of the molecule is CCCCCC(=O)N[C@@H](CCC(=O)O)C(=O)N[C@@H]1C(=O)N[C@@H](CCCCN)C(=O)N[C@H]2CC[C@@H](O)N(C2=O)[C@@H](Cc2ccccc2)C(=O)N(C)[C@@H](Cc2c[nH]c3ccccc23)C(=O)N[C@@H](C(C)C)C(=O)O[C@H]1C. The summed E-state index contributed by atoms with van der Waals surface area (Å²) in [5.41, 5.74) is 7.82. The molecule has 0 spiro atoms. The van der Waals surface area contributed by atoms with E-state index in [9.17, 15) is 48.6 Å². The van der Waals surface area contributed by atoms with Crippen LogP contribution in [-0.4, -0.2) is 147 Å². The molecule has 2 aliphatic heterocycles. The molecular formula is C52H73N9O12. The number of aromatic nitrogens is 1. The van der Waals surface area contributed by atoms with Crippen LogP contribution >= 0.6 is 0 Å². The number of carboxylic acids is 1. The van der Waals surface area contributed by atoms with Crippen molar-refractivity contribution in [1.29, 1.82) is 0 Å². The highest BCUT2D eigenvalue weighted by molar-refractivity contribution is 5.99. The van der Waals surface area contributed by atoms with Gasteiger partial charge in [-0.1, -0.05) is 82.1 Å². The highest BCUT2D eigenvalue weighted by Crippen LogP contribution is 2.27. The fourth-order valence-corrected chi connectivity index (χ4v) is 9.20. The van der Waals surface area contributed by atoms with E-state index in [2.05, 4.69) is 31.6 Å². The first-order valence-corrected chi connectivity index (χ1v) is 25.3. The minimum Gasteiger partial charge on any atom is -0.481 e. The number of unbranched alkanes of at least 4 members (excludes halogenated alkanes) is 3. The Morgan fingerprint density at radius 1 is 0.836 bits per heavy atom. The molecule has 2 aliphatic rings. The summed E-state index contributed by atoms with van der Waals surface area (Å²) in [6, 6.07) is 6.06. The molecule has 0 unspecified atom stereocenters. The van der Waals surface area contributed by atoms with E-state index >= 15 is 4.79 Å². The molecule has 2 aromatic carbocycles. The van der Waals surface area contributed by atoms with Crippen LogP contribution in [0.4, 0.5) is 0 Å². The minimum absolute atomic E-state index is 0.00883. The van der Waals surface area contributed by atoms with Crippen LogP contribution in [0.1, 0.15) is 109 Å². The molecule has 9 atom stereocenters. The lowest BCUT2D eigenvalue weighted by molar-refractivity contribution is -0.165. The number of nitrogens with zero attached hydrogens (tertiary/aromatic N) is 2. The summed E-state index contributed by atoms with van der Waals surface area (Å²) in [7, 11) is 1.40. The van der Waals surface area contributed by atoms with Crippen LogP contribution in [0.2, 0.25) is 0 Å². The second kappa shape index (κ2) is 27.3. The smallest absolute Gasteiger partial charge is 0.329 e. The summed E-state index contributed by atoms with van der Waals surface area (Å²) in [5.74, 6) is -8.58. The summed E-state index contributed by atoms with van der Waals surface area (Å²) in [6.07, 6.45) is 0.312. The van der Waals surface area contributed by atoms with Gasteiger partial charge in [-0.15, -0.1) is 0 Å². The van der Waals surface area contributed by atoms with Crippen molar-refractivity contribution in [3.8, 4) is 0 Å². The molecule has 398 valence electrons. The van der Waals surface area contributed by atoms with Crippen molar-refractivity contribution in [3.63, 3.8) is 0 Å². The zero-order chi connectivity index (χ0) is 53.4. The third-order valence-electron chi connectivity index (χ3n) is 13.5. The Morgan fingerprint density at radius 3 is 2.23 bits per heavy atom. The van der Waals surface area contributed by atoms with Gasteiger partial charge in [0.05, 0.1) is 0 Å². The van der Waals surface area contributed by atoms with Crippen LogP contribution in [-0.2, 0) is 60.7 Å². The van der Waals surface area contributed by atoms with E-state index in [-0.39, 0.29) is 51.5 Å². The van der Waals surface area contributed by atoms with Crippen molar-refractivity contribution >= 4 is 64.2 Å². The van der Waals surface area contributed by atoms with Crippen LogP contribution in [0.3, 0.4) is 0 Å². The maximum absolute atomic E-state index is 15.2. The minimum atomic E-state index is -1.78. The first kappa shape index (κ1) is 57.0. The molecule has 3 aromatic rings. The molecule has 2 fully saturated rings. The molecule has 2 saturated heterocycles. The molecule has 0 aliphatic carbocycles. The number of rotatable bonds is 19. The summed E-state index contributed by atoms with van der Waals surface area (Å²) < 4.78 is 5.93. The molecular weight excluding hydrogens is 943 g/mol. The van der Waals surface area contributed by atoms with Crippen molar-refractivity contribution < 1.29 is 58.1 Å². The molecule has 21 heteroatoms. The van der Waals surface area contributed by atoms with Gasteiger partial charge in [-0.05, 0) is 81.5 Å². The molecule has 0 radical (unpaired) electrons. The topological polar surface area (TPSA) is 312 Å². The number of benzene rings is 2. The van der Waals surface area contributed by atoms with Crippen molar-refractivity contribution in [2.24, 2.45) is 11.7 Å². The first-order chi connectivity index (χ1) is 34.8.